The van der Waals surface area contributed by atoms with Crippen molar-refractivity contribution in [1.82, 2.24) is 0 Å². The fourth-order valence-electron chi connectivity index (χ4n) is 1.99. The summed E-state index contributed by atoms with van der Waals surface area (Å²) in [6.07, 6.45) is 0.226. The third-order valence-electron chi connectivity index (χ3n) is 6.02. The van der Waals surface area contributed by atoms with Crippen molar-refractivity contribution in [3.63, 3.8) is 0 Å². The number of hydrogen-bond acceptors (Lipinski definition) is 3. The third-order valence-corrected chi connectivity index (χ3v) is 14.7. The summed E-state index contributed by atoms with van der Waals surface area (Å²) in [6.45, 7) is 23.5. The highest BCUT2D eigenvalue weighted by Gasteiger charge is 2.42. The quantitative estimate of drug-likeness (QED) is 0.430. The van der Waals surface area contributed by atoms with Gasteiger partial charge in [-0.15, -0.1) is 0 Å². The van der Waals surface area contributed by atoms with Crippen LogP contribution in [0.25, 0.3) is 0 Å². The van der Waals surface area contributed by atoms with Crippen LogP contribution in [0.3, 0.4) is 0 Å². The molecule has 1 unspecified atom stereocenters. The van der Waals surface area contributed by atoms with E-state index < -0.39 is 16.6 Å². The van der Waals surface area contributed by atoms with Gasteiger partial charge in [0.05, 0.1) is 6.61 Å². The van der Waals surface area contributed by atoms with Crippen LogP contribution in [-0.2, 0) is 4.74 Å². The molecule has 1 aromatic carbocycles. The van der Waals surface area contributed by atoms with Gasteiger partial charge in [-0.05, 0) is 54.0 Å². The Kier molecular flexibility index (Phi) is 5.28. The van der Waals surface area contributed by atoms with E-state index in [1.165, 1.54) is 5.56 Å². The number of ether oxygens (including phenoxy) is 1. The van der Waals surface area contributed by atoms with Crippen molar-refractivity contribution in [3.8, 4) is 11.5 Å². The summed E-state index contributed by atoms with van der Waals surface area (Å²) in [5.41, 5.74) is 1.19. The van der Waals surface area contributed by atoms with E-state index in [0.29, 0.717) is 0 Å². The summed E-state index contributed by atoms with van der Waals surface area (Å²) < 4.78 is 18.7. The first kappa shape index (κ1) is 20.5. The predicted molar refractivity (Wildman–Crippen MR) is 111 cm³/mol. The van der Waals surface area contributed by atoms with E-state index in [2.05, 4.69) is 85.9 Å². The van der Waals surface area contributed by atoms with Gasteiger partial charge in [0.1, 0.15) is 17.6 Å². The molecule has 0 N–H and O–H groups in total. The van der Waals surface area contributed by atoms with Crippen molar-refractivity contribution < 1.29 is 13.6 Å². The number of hydrogen-bond donors (Lipinski definition) is 0. The van der Waals surface area contributed by atoms with E-state index in [1.54, 1.807) is 0 Å². The van der Waals surface area contributed by atoms with Crippen LogP contribution in [0.4, 0.5) is 0 Å². The fourth-order valence-corrected chi connectivity index (χ4v) is 4.03. The lowest BCUT2D eigenvalue weighted by Crippen LogP contribution is -2.45. The second kappa shape index (κ2) is 6.43. The van der Waals surface area contributed by atoms with Gasteiger partial charge in [0, 0.05) is 0 Å². The van der Waals surface area contributed by atoms with E-state index in [1.807, 2.05) is 0 Å². The van der Waals surface area contributed by atoms with E-state index in [0.717, 1.165) is 18.1 Å². The second-order valence-corrected chi connectivity index (χ2v) is 19.7. The van der Waals surface area contributed by atoms with Gasteiger partial charge in [0.25, 0.3) is 16.6 Å². The summed E-state index contributed by atoms with van der Waals surface area (Å²) in [7, 11) is -3.86. The average molecular weight is 381 g/mol. The molecule has 1 aromatic rings. The summed E-state index contributed by atoms with van der Waals surface area (Å²) in [5.74, 6) is 1.78. The molecule has 142 valence electrons. The zero-order valence-electron chi connectivity index (χ0n) is 17.7. The molecular weight excluding hydrogens is 344 g/mol. The van der Waals surface area contributed by atoms with Crippen LogP contribution in [-0.4, -0.2) is 23.2 Å². The summed E-state index contributed by atoms with van der Waals surface area (Å²) in [5, 5.41) is 0.298. The summed E-state index contributed by atoms with van der Waals surface area (Å²) >= 11 is 0. The maximum atomic E-state index is 6.66. The Hall–Kier alpha value is -0.786. The Morgan fingerprint density at radius 1 is 0.840 bits per heavy atom. The Bertz CT molecular complexity index is 621. The van der Waals surface area contributed by atoms with Crippen molar-refractivity contribution >= 4 is 16.6 Å². The highest BCUT2D eigenvalue weighted by atomic mass is 28.4. The Morgan fingerprint density at radius 2 is 1.28 bits per heavy atom. The molecule has 0 spiro atoms. The topological polar surface area (TPSA) is 31.0 Å². The van der Waals surface area contributed by atoms with Gasteiger partial charge >= 0.3 is 0 Å². The molecule has 1 aliphatic heterocycles. The minimum Gasteiger partial charge on any atom is -0.541 e. The molecule has 1 atom stereocenters. The van der Waals surface area contributed by atoms with Crippen LogP contribution in [0.2, 0.25) is 36.3 Å². The molecule has 3 nitrogen and oxygen atoms in total. The van der Waals surface area contributed by atoms with Crippen molar-refractivity contribution in [1.29, 1.82) is 0 Å². The largest absolute Gasteiger partial charge is 0.541 e. The maximum absolute atomic E-state index is 6.66. The average Bonchev–Trinajstić information content (AvgIpc) is 3.21. The Morgan fingerprint density at radius 3 is 1.68 bits per heavy atom. The molecule has 0 aliphatic carbocycles. The van der Waals surface area contributed by atoms with Crippen molar-refractivity contribution in [2.45, 2.75) is 83.9 Å². The lowest BCUT2D eigenvalue weighted by molar-refractivity contribution is 0.412. The molecule has 1 saturated heterocycles. The standard InChI is InChI=1S/C20H36O3Si2/c1-19(2,3)24(7,8)22-16-12-11-15(18-14-21-18)13-17(16)23-25(9,10)20(4,5)6/h11-13,18H,14H2,1-10H3. The first-order valence-electron chi connectivity index (χ1n) is 9.28. The molecule has 0 radical (unpaired) electrons. The minimum atomic E-state index is -1.94. The lowest BCUT2D eigenvalue weighted by Gasteiger charge is -2.39. The highest BCUT2D eigenvalue weighted by Crippen LogP contribution is 2.45. The van der Waals surface area contributed by atoms with Crippen LogP contribution in [0.1, 0.15) is 53.2 Å². The fraction of sp³-hybridized carbons (Fsp3) is 0.700. The molecule has 0 aromatic heterocycles. The lowest BCUT2D eigenvalue weighted by atomic mass is 10.1. The first-order valence-corrected chi connectivity index (χ1v) is 15.1. The minimum absolute atomic E-state index is 0.146. The van der Waals surface area contributed by atoms with Gasteiger partial charge in [0.2, 0.25) is 0 Å². The molecule has 5 heteroatoms. The first-order chi connectivity index (χ1) is 11.1. The SMILES string of the molecule is CC(C)(C)[Si](C)(C)Oc1ccc(C2CO2)cc1O[Si](C)(C)C(C)(C)C. The predicted octanol–water partition coefficient (Wildman–Crippen LogP) is 6.53. The van der Waals surface area contributed by atoms with Crippen molar-refractivity contribution in [3.05, 3.63) is 23.8 Å². The maximum Gasteiger partial charge on any atom is 0.250 e. The van der Waals surface area contributed by atoms with Crippen LogP contribution in [0, 0.1) is 0 Å². The molecule has 1 heterocycles. The Labute approximate surface area is 156 Å². The summed E-state index contributed by atoms with van der Waals surface area (Å²) in [6, 6.07) is 6.35. The van der Waals surface area contributed by atoms with E-state index in [-0.39, 0.29) is 16.2 Å². The molecule has 0 amide bonds. The van der Waals surface area contributed by atoms with Crippen molar-refractivity contribution in [2.75, 3.05) is 6.61 Å². The number of rotatable bonds is 5. The summed E-state index contributed by atoms with van der Waals surface area (Å²) in [4.78, 5) is 0. The van der Waals surface area contributed by atoms with Gasteiger partial charge in [-0.25, -0.2) is 0 Å². The van der Waals surface area contributed by atoms with Crippen LogP contribution in [0.5, 0.6) is 11.5 Å². The smallest absolute Gasteiger partial charge is 0.250 e. The Balaban J connectivity index is 2.39. The second-order valence-electron chi connectivity index (χ2n) is 10.3. The monoisotopic (exact) mass is 380 g/mol. The van der Waals surface area contributed by atoms with E-state index in [4.69, 9.17) is 13.6 Å². The van der Waals surface area contributed by atoms with Gasteiger partial charge in [-0.2, -0.15) is 0 Å². The van der Waals surface area contributed by atoms with Crippen LogP contribution >= 0.6 is 0 Å². The molecule has 1 fully saturated rings. The molecule has 25 heavy (non-hydrogen) atoms. The highest BCUT2D eigenvalue weighted by molar-refractivity contribution is 6.75. The third kappa shape index (κ3) is 4.69. The van der Waals surface area contributed by atoms with E-state index in [9.17, 15) is 0 Å². The molecule has 0 bridgehead atoms. The normalized spacial score (nSPS) is 18.9. The molecular formula is C20H36O3Si2. The van der Waals surface area contributed by atoms with Gasteiger partial charge < -0.3 is 13.6 Å². The number of epoxide rings is 1. The number of benzene rings is 1. The van der Waals surface area contributed by atoms with Crippen molar-refractivity contribution in [2.24, 2.45) is 0 Å². The van der Waals surface area contributed by atoms with Crippen LogP contribution < -0.4 is 8.85 Å². The zero-order chi connectivity index (χ0) is 19.3. The van der Waals surface area contributed by atoms with Crippen LogP contribution in [0.15, 0.2) is 18.2 Å². The van der Waals surface area contributed by atoms with Gasteiger partial charge in [-0.3, -0.25) is 0 Å². The molecule has 0 saturated carbocycles. The molecule has 2 rings (SSSR count). The van der Waals surface area contributed by atoms with E-state index >= 15 is 0 Å². The molecule has 1 aliphatic rings. The zero-order valence-corrected chi connectivity index (χ0v) is 19.7. The van der Waals surface area contributed by atoms with Gasteiger partial charge in [-0.1, -0.05) is 47.6 Å². The van der Waals surface area contributed by atoms with Gasteiger partial charge in [0.15, 0.2) is 0 Å².